The van der Waals surface area contributed by atoms with Crippen LogP contribution in [0.25, 0.3) is 0 Å². The van der Waals surface area contributed by atoms with Gasteiger partial charge in [-0.15, -0.1) is 0 Å². The second-order valence-corrected chi connectivity index (χ2v) is 9.31. The Labute approximate surface area is 170 Å². The molecule has 162 valence electrons. The number of fused-ring (bicyclic) bond motifs is 1. The van der Waals surface area contributed by atoms with Crippen molar-refractivity contribution >= 4 is 5.91 Å². The lowest BCUT2D eigenvalue weighted by Crippen LogP contribution is -2.58. The van der Waals surface area contributed by atoms with E-state index in [2.05, 4.69) is 43.0 Å². The molecule has 1 fully saturated rings. The molecule has 1 aromatic carbocycles. The van der Waals surface area contributed by atoms with Gasteiger partial charge in [-0.05, 0) is 60.4 Å². The first kappa shape index (κ1) is 22.1. The minimum atomic E-state index is -4.77. The number of hydrogen-bond acceptors (Lipinski definition) is 3. The van der Waals surface area contributed by atoms with Crippen LogP contribution in [0.4, 0.5) is 13.2 Å². The van der Waals surface area contributed by atoms with Crippen LogP contribution in [0.3, 0.4) is 0 Å². The zero-order chi connectivity index (χ0) is 21.6. The van der Waals surface area contributed by atoms with Gasteiger partial charge in [0.05, 0.1) is 0 Å². The molecule has 1 N–H and O–H groups in total. The maximum atomic E-state index is 13.5. The summed E-state index contributed by atoms with van der Waals surface area (Å²) < 4.78 is 45.3. The largest absolute Gasteiger partial charge is 0.426 e. The van der Waals surface area contributed by atoms with Crippen LogP contribution in [0.15, 0.2) is 12.1 Å². The van der Waals surface area contributed by atoms with Gasteiger partial charge in [-0.3, -0.25) is 4.79 Å². The van der Waals surface area contributed by atoms with Crippen molar-refractivity contribution in [2.75, 3.05) is 20.2 Å². The van der Waals surface area contributed by atoms with Crippen molar-refractivity contribution in [1.29, 1.82) is 0 Å². The molecule has 4 nitrogen and oxygen atoms in total. The van der Waals surface area contributed by atoms with Crippen molar-refractivity contribution in [2.45, 2.75) is 76.7 Å². The summed E-state index contributed by atoms with van der Waals surface area (Å²) in [5.41, 5.74) is 1.60. The zero-order valence-electron chi connectivity index (χ0n) is 17.9. The molecule has 0 radical (unpaired) electrons. The van der Waals surface area contributed by atoms with E-state index in [0.29, 0.717) is 6.42 Å². The van der Waals surface area contributed by atoms with Gasteiger partial charge in [-0.2, -0.15) is 13.2 Å². The van der Waals surface area contributed by atoms with Gasteiger partial charge in [0.25, 0.3) is 5.91 Å². The molecular weight excluding hydrogens is 381 g/mol. The molecule has 0 aliphatic carbocycles. The van der Waals surface area contributed by atoms with Crippen molar-refractivity contribution in [1.82, 2.24) is 10.2 Å². The highest BCUT2D eigenvalue weighted by molar-refractivity contribution is 5.86. The predicted octanol–water partition coefficient (Wildman–Crippen LogP) is 4.26. The third kappa shape index (κ3) is 4.04. The average molecular weight is 412 g/mol. The van der Waals surface area contributed by atoms with Crippen LogP contribution in [0.2, 0.25) is 0 Å². The van der Waals surface area contributed by atoms with E-state index in [1.165, 1.54) is 10.5 Å². The Morgan fingerprint density at radius 1 is 1.21 bits per heavy atom. The zero-order valence-corrected chi connectivity index (χ0v) is 17.9. The molecule has 0 saturated carbocycles. The van der Waals surface area contributed by atoms with E-state index in [0.717, 1.165) is 50.1 Å². The number of alkyl halides is 3. The lowest BCUT2D eigenvalue weighted by molar-refractivity contribution is -0.258. The number of ether oxygens (including phenoxy) is 1. The lowest BCUT2D eigenvalue weighted by Gasteiger charge is -2.38. The van der Waals surface area contributed by atoms with E-state index < -0.39 is 17.7 Å². The van der Waals surface area contributed by atoms with Crippen molar-refractivity contribution in [2.24, 2.45) is 0 Å². The number of hydrogen-bond donors (Lipinski definition) is 1. The maximum absolute atomic E-state index is 13.5. The number of nitrogens with one attached hydrogen (secondary N) is 1. The Morgan fingerprint density at radius 3 is 2.41 bits per heavy atom. The Morgan fingerprint density at radius 2 is 1.90 bits per heavy atom. The summed E-state index contributed by atoms with van der Waals surface area (Å²) in [5, 5.41) is 3.50. The molecule has 0 spiro atoms. The summed E-state index contributed by atoms with van der Waals surface area (Å²) in [7, 11) is 0.937. The summed E-state index contributed by atoms with van der Waals surface area (Å²) in [6.07, 6.45) is -2.17. The highest BCUT2D eigenvalue weighted by Gasteiger charge is 2.59. The quantitative estimate of drug-likeness (QED) is 0.807. The van der Waals surface area contributed by atoms with Crippen LogP contribution >= 0.6 is 0 Å². The molecule has 7 heteroatoms. The fourth-order valence-corrected chi connectivity index (χ4v) is 4.19. The summed E-state index contributed by atoms with van der Waals surface area (Å²) in [6.45, 7) is 8.66. The van der Waals surface area contributed by atoms with Crippen molar-refractivity contribution < 1.29 is 22.7 Å². The number of rotatable bonds is 3. The van der Waals surface area contributed by atoms with Crippen LogP contribution in [-0.4, -0.2) is 42.8 Å². The van der Waals surface area contributed by atoms with Crippen molar-refractivity contribution in [3.63, 3.8) is 0 Å². The Bertz CT molecular complexity index is 779. The second-order valence-electron chi connectivity index (χ2n) is 9.31. The number of carbonyl (C=O) groups is 1. The summed E-state index contributed by atoms with van der Waals surface area (Å²) >= 11 is 0. The number of halogens is 3. The first-order chi connectivity index (χ1) is 13.4. The topological polar surface area (TPSA) is 41.6 Å². The van der Waals surface area contributed by atoms with E-state index in [1.54, 1.807) is 0 Å². The summed E-state index contributed by atoms with van der Waals surface area (Å²) in [4.78, 5) is 14.1. The maximum Gasteiger partial charge on any atom is 0.426 e. The van der Waals surface area contributed by atoms with Gasteiger partial charge in [0, 0.05) is 26.2 Å². The number of nitrogens with zero attached hydrogens (tertiary/aromatic N) is 1. The first-order valence-corrected chi connectivity index (χ1v) is 10.2. The van der Waals surface area contributed by atoms with E-state index in [-0.39, 0.29) is 24.5 Å². The first-order valence-electron chi connectivity index (χ1n) is 10.2. The van der Waals surface area contributed by atoms with E-state index in [4.69, 9.17) is 0 Å². The van der Waals surface area contributed by atoms with Crippen LogP contribution in [-0.2, 0) is 27.9 Å². The van der Waals surface area contributed by atoms with Crippen LogP contribution < -0.4 is 5.32 Å². The van der Waals surface area contributed by atoms with Gasteiger partial charge in [0.15, 0.2) is 0 Å². The summed E-state index contributed by atoms with van der Waals surface area (Å²) in [6, 6.07) is 4.52. The van der Waals surface area contributed by atoms with Gasteiger partial charge in [0.2, 0.25) is 5.60 Å². The number of amides is 1. The van der Waals surface area contributed by atoms with Crippen molar-refractivity contribution in [3.8, 4) is 0 Å². The van der Waals surface area contributed by atoms with Gasteiger partial charge in [-0.1, -0.05) is 32.9 Å². The highest BCUT2D eigenvalue weighted by atomic mass is 19.4. The van der Waals surface area contributed by atoms with Gasteiger partial charge in [-0.25, -0.2) is 0 Å². The second kappa shape index (κ2) is 7.58. The van der Waals surface area contributed by atoms with E-state index in [9.17, 15) is 18.0 Å². The fraction of sp³-hybridized carbons (Fsp3) is 0.682. The molecule has 0 aromatic heterocycles. The Hall–Kier alpha value is -1.60. The molecule has 0 unspecified atom stereocenters. The third-order valence-electron chi connectivity index (χ3n) is 6.32. The van der Waals surface area contributed by atoms with Gasteiger partial charge in [0.1, 0.15) is 0 Å². The normalized spacial score (nSPS) is 22.3. The molecule has 2 atom stereocenters. The van der Waals surface area contributed by atoms with Crippen LogP contribution in [0, 0.1) is 0 Å². The monoisotopic (exact) mass is 412 g/mol. The molecular formula is C22H31F3N2O2. The van der Waals surface area contributed by atoms with Gasteiger partial charge < -0.3 is 15.0 Å². The number of carbonyl (C=O) groups excluding carboxylic acids is 1. The fourth-order valence-electron chi connectivity index (χ4n) is 4.19. The summed E-state index contributed by atoms with van der Waals surface area (Å²) in [5.74, 6) is -1.02. The molecule has 29 heavy (non-hydrogen) atoms. The SMILES string of the molecule is CO[C@](C)(C(=O)N1CCc2cc(C(C)(C)C)cc([C@@H]3CCCN3)c2C1)C(F)(F)F. The molecule has 2 heterocycles. The smallest absolute Gasteiger partial charge is 0.361 e. The molecule has 3 rings (SSSR count). The molecule has 0 bridgehead atoms. The van der Waals surface area contributed by atoms with E-state index >= 15 is 0 Å². The Balaban J connectivity index is 2.00. The molecule has 2 aliphatic heterocycles. The number of methoxy groups -OCH3 is 1. The third-order valence-corrected chi connectivity index (χ3v) is 6.32. The standard InChI is InChI=1S/C22H31F3N2O2/c1-20(2,3)15-11-14-8-10-27(19(28)21(4,29-5)22(23,24)25)13-17(14)16(12-15)18-7-6-9-26-18/h11-12,18,26H,6-10,13H2,1-5H3/t18-,21+/m0/s1. The van der Waals surface area contributed by atoms with Crippen LogP contribution in [0.5, 0.6) is 0 Å². The molecule has 1 amide bonds. The molecule has 1 aromatic rings. The number of benzene rings is 1. The predicted molar refractivity (Wildman–Crippen MR) is 106 cm³/mol. The highest BCUT2D eigenvalue weighted by Crippen LogP contribution is 2.39. The lowest BCUT2D eigenvalue weighted by atomic mass is 9.80. The van der Waals surface area contributed by atoms with Crippen LogP contribution in [0.1, 0.15) is 68.8 Å². The van der Waals surface area contributed by atoms with Gasteiger partial charge >= 0.3 is 6.18 Å². The van der Waals surface area contributed by atoms with E-state index in [1.807, 2.05) is 0 Å². The minimum Gasteiger partial charge on any atom is -0.361 e. The molecule has 1 saturated heterocycles. The minimum absolute atomic E-state index is 0.0275. The molecule has 2 aliphatic rings. The van der Waals surface area contributed by atoms with Crippen molar-refractivity contribution in [3.05, 3.63) is 34.4 Å². The Kier molecular flexibility index (Phi) is 5.78. The average Bonchev–Trinajstić information content (AvgIpc) is 3.18.